The van der Waals surface area contributed by atoms with Gasteiger partial charge in [0.25, 0.3) is 0 Å². The minimum absolute atomic E-state index is 0.0602. The molecule has 0 aliphatic heterocycles. The summed E-state index contributed by atoms with van der Waals surface area (Å²) in [6, 6.07) is 4.53. The summed E-state index contributed by atoms with van der Waals surface area (Å²) in [4.78, 5) is 7.75. The molecule has 0 atom stereocenters. The third-order valence-electron chi connectivity index (χ3n) is 2.12. The lowest BCUT2D eigenvalue weighted by Gasteiger charge is -2.10. The van der Waals surface area contributed by atoms with Crippen LogP contribution < -0.4 is 10.5 Å². The molecule has 0 bridgehead atoms. The second kappa shape index (κ2) is 5.20. The predicted molar refractivity (Wildman–Crippen MR) is 64.1 cm³/mol. The zero-order valence-corrected chi connectivity index (χ0v) is 10.3. The first-order valence-corrected chi connectivity index (χ1v) is 5.62. The molecular weight excluding hydrogens is 289 g/mol. The molecule has 0 aliphatic rings. The van der Waals surface area contributed by atoms with Gasteiger partial charge in [-0.1, -0.05) is 6.07 Å². The lowest BCUT2D eigenvalue weighted by molar-refractivity contribution is 0.445. The van der Waals surface area contributed by atoms with E-state index in [2.05, 4.69) is 25.9 Å². The smallest absolute Gasteiger partial charge is 0.236 e. The Morgan fingerprint density at radius 1 is 1.41 bits per heavy atom. The molecule has 0 unspecified atom stereocenters. The van der Waals surface area contributed by atoms with Crippen molar-refractivity contribution in [2.45, 2.75) is 6.54 Å². The monoisotopic (exact) mass is 297 g/mol. The molecule has 0 aliphatic carbocycles. The van der Waals surface area contributed by atoms with Gasteiger partial charge < -0.3 is 10.5 Å². The first-order valence-electron chi connectivity index (χ1n) is 4.83. The molecule has 1 aromatic heterocycles. The van der Waals surface area contributed by atoms with Gasteiger partial charge in [-0.3, -0.25) is 0 Å². The second-order valence-electron chi connectivity index (χ2n) is 3.20. The van der Waals surface area contributed by atoms with Gasteiger partial charge in [-0.05, 0) is 28.1 Å². The summed E-state index contributed by atoms with van der Waals surface area (Å²) < 4.78 is 19.5. The third kappa shape index (κ3) is 2.59. The molecule has 0 spiro atoms. The van der Waals surface area contributed by atoms with Gasteiger partial charge in [-0.15, -0.1) is 0 Å². The lowest BCUT2D eigenvalue weighted by Crippen LogP contribution is -2.03. The van der Waals surface area contributed by atoms with Crippen LogP contribution in [0.3, 0.4) is 0 Å². The van der Waals surface area contributed by atoms with Crippen LogP contribution in [0.1, 0.15) is 5.56 Å². The van der Waals surface area contributed by atoms with Crippen LogP contribution in [-0.4, -0.2) is 9.97 Å². The minimum atomic E-state index is -0.393. The Morgan fingerprint density at radius 2 is 2.24 bits per heavy atom. The van der Waals surface area contributed by atoms with Crippen molar-refractivity contribution >= 4 is 15.9 Å². The Labute approximate surface area is 106 Å². The molecule has 4 nitrogen and oxygen atoms in total. The van der Waals surface area contributed by atoms with E-state index in [4.69, 9.17) is 10.5 Å². The summed E-state index contributed by atoms with van der Waals surface area (Å²) in [6.45, 7) is 0.0602. The van der Waals surface area contributed by atoms with E-state index in [0.717, 1.165) is 0 Å². The van der Waals surface area contributed by atoms with Crippen molar-refractivity contribution in [3.63, 3.8) is 0 Å². The van der Waals surface area contributed by atoms with Crippen LogP contribution in [0.15, 0.2) is 35.2 Å². The predicted octanol–water partition coefficient (Wildman–Crippen LogP) is 2.63. The number of halogens is 2. The summed E-state index contributed by atoms with van der Waals surface area (Å²) in [7, 11) is 0. The molecule has 0 saturated heterocycles. The number of nitrogens with zero attached hydrogens (tertiary/aromatic N) is 2. The molecule has 0 amide bonds. The summed E-state index contributed by atoms with van der Waals surface area (Å²) in [5.74, 6) is 0.280. The Balaban J connectivity index is 2.37. The zero-order chi connectivity index (χ0) is 12.3. The van der Waals surface area contributed by atoms with Crippen LogP contribution in [0, 0.1) is 5.82 Å². The van der Waals surface area contributed by atoms with E-state index in [1.807, 2.05) is 0 Å². The van der Waals surface area contributed by atoms with Crippen LogP contribution in [0.25, 0.3) is 0 Å². The highest BCUT2D eigenvalue weighted by molar-refractivity contribution is 9.10. The average Bonchev–Trinajstić information content (AvgIpc) is 2.32. The van der Waals surface area contributed by atoms with Crippen molar-refractivity contribution in [2.75, 3.05) is 0 Å². The quantitative estimate of drug-likeness (QED) is 0.946. The molecule has 1 aromatic carbocycles. The van der Waals surface area contributed by atoms with Crippen LogP contribution in [0.5, 0.6) is 11.6 Å². The molecule has 2 rings (SSSR count). The van der Waals surface area contributed by atoms with Gasteiger partial charge in [-0.2, -0.15) is 0 Å². The van der Waals surface area contributed by atoms with Crippen LogP contribution in [0.4, 0.5) is 4.39 Å². The van der Waals surface area contributed by atoms with Crippen LogP contribution >= 0.6 is 15.9 Å². The number of benzene rings is 1. The number of aromatic nitrogens is 2. The van der Waals surface area contributed by atoms with Gasteiger partial charge in [-0.25, -0.2) is 14.4 Å². The fourth-order valence-corrected chi connectivity index (χ4v) is 1.61. The van der Waals surface area contributed by atoms with E-state index in [1.165, 1.54) is 12.4 Å². The molecule has 0 saturated carbocycles. The van der Waals surface area contributed by atoms with Gasteiger partial charge in [0.2, 0.25) is 5.88 Å². The number of nitrogens with two attached hydrogens (primary N) is 1. The highest BCUT2D eigenvalue weighted by atomic mass is 79.9. The van der Waals surface area contributed by atoms with E-state index in [1.54, 1.807) is 18.3 Å². The number of rotatable bonds is 3. The highest BCUT2D eigenvalue weighted by Crippen LogP contribution is 2.29. The molecule has 1 heterocycles. The van der Waals surface area contributed by atoms with E-state index in [0.29, 0.717) is 21.7 Å². The maximum Gasteiger partial charge on any atom is 0.236 e. The number of hydrogen-bond acceptors (Lipinski definition) is 4. The summed E-state index contributed by atoms with van der Waals surface area (Å²) >= 11 is 3.24. The fraction of sp³-hybridized carbons (Fsp3) is 0.0909. The minimum Gasteiger partial charge on any atom is -0.437 e. The molecule has 2 N–H and O–H groups in total. The average molecular weight is 298 g/mol. The van der Waals surface area contributed by atoms with Gasteiger partial charge in [0.05, 0.1) is 4.47 Å². The van der Waals surface area contributed by atoms with Gasteiger partial charge in [0.15, 0.2) is 0 Å². The van der Waals surface area contributed by atoms with E-state index in [-0.39, 0.29) is 6.54 Å². The van der Waals surface area contributed by atoms with Crippen LogP contribution in [-0.2, 0) is 6.54 Å². The highest BCUT2D eigenvalue weighted by Gasteiger charge is 2.11. The topological polar surface area (TPSA) is 61.0 Å². The van der Waals surface area contributed by atoms with Crippen molar-refractivity contribution in [3.8, 4) is 11.6 Å². The lowest BCUT2D eigenvalue weighted by atomic mass is 10.2. The maximum atomic E-state index is 13.4. The molecule has 2 aromatic rings. The molecule has 6 heteroatoms. The van der Waals surface area contributed by atoms with Gasteiger partial charge in [0, 0.05) is 18.3 Å². The Hall–Kier alpha value is -1.53. The zero-order valence-electron chi connectivity index (χ0n) is 8.73. The van der Waals surface area contributed by atoms with E-state index < -0.39 is 5.82 Å². The van der Waals surface area contributed by atoms with Crippen molar-refractivity contribution in [1.29, 1.82) is 0 Å². The van der Waals surface area contributed by atoms with Crippen LogP contribution in [0.2, 0.25) is 0 Å². The van der Waals surface area contributed by atoms with Crippen molar-refractivity contribution < 1.29 is 9.13 Å². The second-order valence-corrected chi connectivity index (χ2v) is 4.05. The molecular formula is C11H9BrFN3O. The Bertz CT molecular complexity index is 536. The van der Waals surface area contributed by atoms with E-state index in [9.17, 15) is 4.39 Å². The summed E-state index contributed by atoms with van der Waals surface area (Å²) in [5.41, 5.74) is 5.80. The summed E-state index contributed by atoms with van der Waals surface area (Å²) in [6.07, 6.45) is 2.89. The maximum absolute atomic E-state index is 13.4. The molecule has 88 valence electrons. The third-order valence-corrected chi connectivity index (χ3v) is 2.66. The standard InChI is InChI=1S/C11H9BrFN3O/c12-8-5-15-6-16-11(8)17-10-3-1-2-9(13)7(10)4-14/h1-3,5-6H,4,14H2. The Kier molecular flexibility index (Phi) is 3.65. The molecule has 17 heavy (non-hydrogen) atoms. The van der Waals surface area contributed by atoms with Crippen molar-refractivity contribution in [3.05, 3.63) is 46.6 Å². The van der Waals surface area contributed by atoms with Crippen molar-refractivity contribution in [2.24, 2.45) is 5.73 Å². The number of hydrogen-bond donors (Lipinski definition) is 1. The summed E-state index contributed by atoms with van der Waals surface area (Å²) in [5, 5.41) is 0. The normalized spacial score (nSPS) is 10.3. The molecule has 0 radical (unpaired) electrons. The van der Waals surface area contributed by atoms with Gasteiger partial charge in [0.1, 0.15) is 17.9 Å². The first-order chi connectivity index (χ1) is 8.22. The molecule has 0 fully saturated rings. The first kappa shape index (κ1) is 11.9. The van der Waals surface area contributed by atoms with Crippen molar-refractivity contribution in [1.82, 2.24) is 9.97 Å². The Morgan fingerprint density at radius 3 is 2.94 bits per heavy atom. The van der Waals surface area contributed by atoms with Gasteiger partial charge >= 0.3 is 0 Å². The fourth-order valence-electron chi connectivity index (χ4n) is 1.31. The van der Waals surface area contributed by atoms with E-state index >= 15 is 0 Å². The largest absolute Gasteiger partial charge is 0.437 e. The number of ether oxygens (including phenoxy) is 1. The SMILES string of the molecule is NCc1c(F)cccc1Oc1ncncc1Br.